The van der Waals surface area contributed by atoms with Crippen LogP contribution in [-0.2, 0) is 6.54 Å². The van der Waals surface area contributed by atoms with Crippen LogP contribution in [0.3, 0.4) is 0 Å². The molecule has 3 rings (SSSR count). The Morgan fingerprint density at radius 3 is 3.24 bits per heavy atom. The van der Waals surface area contributed by atoms with Crippen molar-refractivity contribution in [3.8, 4) is 0 Å². The van der Waals surface area contributed by atoms with Crippen LogP contribution in [0.15, 0.2) is 35.3 Å². The van der Waals surface area contributed by atoms with Gasteiger partial charge in [0.1, 0.15) is 0 Å². The number of aryl methyl sites for hydroxylation is 1. The molecule has 0 unspecified atom stereocenters. The Hall–Kier alpha value is -1.88. The molecule has 86 valence electrons. The van der Waals surface area contributed by atoms with E-state index in [1.165, 1.54) is 0 Å². The van der Waals surface area contributed by atoms with E-state index in [4.69, 9.17) is 0 Å². The third-order valence-electron chi connectivity index (χ3n) is 2.51. The second-order valence-electron chi connectivity index (χ2n) is 3.92. The summed E-state index contributed by atoms with van der Waals surface area (Å²) in [7, 11) is 0. The van der Waals surface area contributed by atoms with Gasteiger partial charge in [-0.25, -0.2) is 9.50 Å². The molecule has 3 aromatic rings. The van der Waals surface area contributed by atoms with Gasteiger partial charge in [0.2, 0.25) is 0 Å². The van der Waals surface area contributed by atoms with Crippen LogP contribution in [0, 0.1) is 6.92 Å². The molecular formula is C12H12N4S. The number of nitrogens with one attached hydrogen (secondary N) is 1. The second-order valence-corrected chi connectivity index (χ2v) is 4.70. The number of hydrogen-bond donors (Lipinski definition) is 1. The van der Waals surface area contributed by atoms with E-state index in [-0.39, 0.29) is 0 Å². The molecule has 0 saturated carbocycles. The van der Waals surface area contributed by atoms with Crippen molar-refractivity contribution in [2.45, 2.75) is 13.5 Å². The Kier molecular flexibility index (Phi) is 2.53. The minimum Gasteiger partial charge on any atom is -0.380 e. The van der Waals surface area contributed by atoms with Gasteiger partial charge in [-0.15, -0.1) is 0 Å². The molecule has 3 heterocycles. The van der Waals surface area contributed by atoms with Gasteiger partial charge < -0.3 is 5.32 Å². The van der Waals surface area contributed by atoms with Gasteiger partial charge in [0.25, 0.3) is 0 Å². The molecule has 0 fully saturated rings. The summed E-state index contributed by atoms with van der Waals surface area (Å²) in [5, 5.41) is 11.8. The van der Waals surface area contributed by atoms with Crippen LogP contribution in [0.2, 0.25) is 0 Å². The lowest BCUT2D eigenvalue weighted by Crippen LogP contribution is -2.01. The van der Waals surface area contributed by atoms with Crippen LogP contribution in [-0.4, -0.2) is 14.6 Å². The largest absolute Gasteiger partial charge is 0.380 e. The van der Waals surface area contributed by atoms with Gasteiger partial charge in [-0.1, -0.05) is 0 Å². The first-order valence-corrected chi connectivity index (χ1v) is 6.32. The standard InChI is InChI=1S/C12H12N4S/c1-9-4-12-14-6-10(7-16(12)15-9)5-13-11-2-3-17-8-11/h2-4,6-8,13H,5H2,1H3. The molecular weight excluding hydrogens is 232 g/mol. The normalized spacial score (nSPS) is 10.9. The summed E-state index contributed by atoms with van der Waals surface area (Å²) in [5.74, 6) is 0. The first-order valence-electron chi connectivity index (χ1n) is 5.38. The zero-order chi connectivity index (χ0) is 11.7. The maximum absolute atomic E-state index is 4.36. The summed E-state index contributed by atoms with van der Waals surface area (Å²) in [4.78, 5) is 4.36. The third kappa shape index (κ3) is 2.14. The smallest absolute Gasteiger partial charge is 0.155 e. The highest BCUT2D eigenvalue weighted by atomic mass is 32.1. The van der Waals surface area contributed by atoms with Gasteiger partial charge >= 0.3 is 0 Å². The number of anilines is 1. The minimum atomic E-state index is 0.762. The third-order valence-corrected chi connectivity index (χ3v) is 3.19. The fourth-order valence-corrected chi connectivity index (χ4v) is 2.31. The SMILES string of the molecule is Cc1cc2ncc(CNc3ccsc3)cn2n1. The molecule has 0 saturated heterocycles. The number of thiophene rings is 1. The first kappa shape index (κ1) is 10.3. The molecule has 0 amide bonds. The minimum absolute atomic E-state index is 0.762. The van der Waals surface area contributed by atoms with Gasteiger partial charge in [-0.2, -0.15) is 16.4 Å². The van der Waals surface area contributed by atoms with Crippen LogP contribution >= 0.6 is 11.3 Å². The fraction of sp³-hybridized carbons (Fsp3) is 0.167. The predicted octanol–water partition coefficient (Wildman–Crippen LogP) is 2.71. The van der Waals surface area contributed by atoms with Crippen molar-refractivity contribution in [1.29, 1.82) is 0 Å². The van der Waals surface area contributed by atoms with E-state index in [0.29, 0.717) is 0 Å². The summed E-state index contributed by atoms with van der Waals surface area (Å²) in [6.45, 7) is 2.73. The van der Waals surface area contributed by atoms with Crippen molar-refractivity contribution in [2.24, 2.45) is 0 Å². The lowest BCUT2D eigenvalue weighted by Gasteiger charge is -2.03. The molecule has 0 aliphatic rings. The van der Waals surface area contributed by atoms with E-state index in [9.17, 15) is 0 Å². The van der Waals surface area contributed by atoms with Crippen molar-refractivity contribution < 1.29 is 0 Å². The quantitative estimate of drug-likeness (QED) is 0.770. The molecule has 0 aromatic carbocycles. The van der Waals surface area contributed by atoms with Crippen molar-refractivity contribution >= 4 is 22.7 Å². The molecule has 1 N–H and O–H groups in total. The van der Waals surface area contributed by atoms with Gasteiger partial charge in [0.05, 0.1) is 5.69 Å². The van der Waals surface area contributed by atoms with E-state index in [2.05, 4.69) is 32.2 Å². The van der Waals surface area contributed by atoms with Crippen LogP contribution in [0.4, 0.5) is 5.69 Å². The number of aromatic nitrogens is 3. The van der Waals surface area contributed by atoms with E-state index in [1.807, 2.05) is 29.9 Å². The van der Waals surface area contributed by atoms with Gasteiger partial charge in [0, 0.05) is 41.6 Å². The summed E-state index contributed by atoms with van der Waals surface area (Å²) >= 11 is 1.68. The zero-order valence-corrected chi connectivity index (χ0v) is 10.2. The Morgan fingerprint density at radius 1 is 1.47 bits per heavy atom. The fourth-order valence-electron chi connectivity index (χ4n) is 1.69. The Labute approximate surface area is 103 Å². The summed E-state index contributed by atoms with van der Waals surface area (Å²) in [6, 6.07) is 4.03. The number of hydrogen-bond acceptors (Lipinski definition) is 4. The number of nitrogens with zero attached hydrogens (tertiary/aromatic N) is 3. The van der Waals surface area contributed by atoms with Gasteiger partial charge in [-0.05, 0) is 18.4 Å². The Morgan fingerprint density at radius 2 is 2.41 bits per heavy atom. The summed E-state index contributed by atoms with van der Waals surface area (Å²) in [5.41, 5.74) is 4.14. The highest BCUT2D eigenvalue weighted by Gasteiger charge is 2.00. The molecule has 0 atom stereocenters. The van der Waals surface area contributed by atoms with Crippen molar-refractivity contribution in [1.82, 2.24) is 14.6 Å². The highest BCUT2D eigenvalue weighted by Crippen LogP contribution is 2.13. The maximum atomic E-state index is 4.36. The summed E-state index contributed by atoms with van der Waals surface area (Å²) in [6.07, 6.45) is 3.89. The van der Waals surface area contributed by atoms with Crippen molar-refractivity contribution in [3.63, 3.8) is 0 Å². The van der Waals surface area contributed by atoms with Crippen molar-refractivity contribution in [2.75, 3.05) is 5.32 Å². The maximum Gasteiger partial charge on any atom is 0.155 e. The van der Waals surface area contributed by atoms with Crippen LogP contribution < -0.4 is 5.32 Å². The average molecular weight is 244 g/mol. The molecule has 0 radical (unpaired) electrons. The molecule has 0 spiro atoms. The molecule has 5 heteroatoms. The molecule has 0 aliphatic heterocycles. The van der Waals surface area contributed by atoms with E-state index >= 15 is 0 Å². The second kappa shape index (κ2) is 4.18. The zero-order valence-electron chi connectivity index (χ0n) is 9.42. The van der Waals surface area contributed by atoms with Crippen LogP contribution in [0.25, 0.3) is 5.65 Å². The Balaban J connectivity index is 1.81. The lowest BCUT2D eigenvalue weighted by molar-refractivity contribution is 0.895. The number of rotatable bonds is 3. The van der Waals surface area contributed by atoms with Crippen LogP contribution in [0.5, 0.6) is 0 Å². The predicted molar refractivity (Wildman–Crippen MR) is 69.4 cm³/mol. The topological polar surface area (TPSA) is 42.2 Å². The first-order chi connectivity index (χ1) is 8.31. The van der Waals surface area contributed by atoms with E-state index in [1.54, 1.807) is 11.3 Å². The highest BCUT2D eigenvalue weighted by molar-refractivity contribution is 7.08. The molecule has 3 aromatic heterocycles. The van der Waals surface area contributed by atoms with E-state index in [0.717, 1.165) is 29.1 Å². The van der Waals surface area contributed by atoms with Crippen LogP contribution in [0.1, 0.15) is 11.3 Å². The van der Waals surface area contributed by atoms with E-state index < -0.39 is 0 Å². The molecule has 0 aliphatic carbocycles. The van der Waals surface area contributed by atoms with Crippen molar-refractivity contribution in [3.05, 3.63) is 46.5 Å². The molecule has 17 heavy (non-hydrogen) atoms. The number of fused-ring (bicyclic) bond motifs is 1. The average Bonchev–Trinajstić information content (AvgIpc) is 2.92. The molecule has 4 nitrogen and oxygen atoms in total. The van der Waals surface area contributed by atoms with Gasteiger partial charge in [0.15, 0.2) is 5.65 Å². The summed E-state index contributed by atoms with van der Waals surface area (Å²) < 4.78 is 1.82. The Bertz CT molecular complexity index is 627. The monoisotopic (exact) mass is 244 g/mol. The lowest BCUT2D eigenvalue weighted by atomic mass is 10.3. The molecule has 0 bridgehead atoms. The van der Waals surface area contributed by atoms with Gasteiger partial charge in [-0.3, -0.25) is 0 Å².